The number of nitrogens with zero attached hydrogens (tertiary/aromatic N) is 3. The fourth-order valence-corrected chi connectivity index (χ4v) is 3.30. The second kappa shape index (κ2) is 8.49. The SMILES string of the molecule is O=C(CCCOc1ccccc1)N1CCSC1=Nc1cccnc1. The van der Waals surface area contributed by atoms with Crippen molar-refractivity contribution in [2.75, 3.05) is 18.9 Å². The molecule has 24 heavy (non-hydrogen) atoms. The van der Waals surface area contributed by atoms with Gasteiger partial charge in [-0.2, -0.15) is 0 Å². The Balaban J connectivity index is 1.50. The highest BCUT2D eigenvalue weighted by Gasteiger charge is 2.25. The van der Waals surface area contributed by atoms with Crippen LogP contribution < -0.4 is 4.74 Å². The molecule has 0 aliphatic carbocycles. The smallest absolute Gasteiger partial charge is 0.228 e. The standard InChI is InChI=1S/C18H19N3O2S/c22-17(9-5-12-23-16-7-2-1-3-8-16)21-11-13-24-18(21)20-15-6-4-10-19-14-15/h1-4,6-8,10,14H,5,9,11-13H2. The number of ether oxygens (including phenoxy) is 1. The monoisotopic (exact) mass is 341 g/mol. The highest BCUT2D eigenvalue weighted by atomic mass is 32.2. The quantitative estimate of drug-likeness (QED) is 0.755. The Morgan fingerprint density at radius 2 is 2.12 bits per heavy atom. The molecule has 0 spiro atoms. The Hall–Kier alpha value is -2.34. The van der Waals surface area contributed by atoms with Gasteiger partial charge in [0.1, 0.15) is 5.75 Å². The Bertz CT molecular complexity index is 692. The first-order valence-corrected chi connectivity index (χ1v) is 8.91. The predicted octanol–water partition coefficient (Wildman–Crippen LogP) is 3.50. The van der Waals surface area contributed by atoms with Crippen LogP contribution in [0.1, 0.15) is 12.8 Å². The summed E-state index contributed by atoms with van der Waals surface area (Å²) in [5.74, 6) is 1.81. The predicted molar refractivity (Wildman–Crippen MR) is 96.7 cm³/mol. The van der Waals surface area contributed by atoms with E-state index in [1.54, 1.807) is 29.1 Å². The molecule has 0 saturated carbocycles. The van der Waals surface area contributed by atoms with Gasteiger partial charge in [-0.05, 0) is 30.7 Å². The van der Waals surface area contributed by atoms with E-state index in [4.69, 9.17) is 4.74 Å². The van der Waals surface area contributed by atoms with Crippen LogP contribution in [0.15, 0.2) is 59.9 Å². The van der Waals surface area contributed by atoms with Crippen molar-refractivity contribution >= 4 is 28.5 Å². The normalized spacial score (nSPS) is 15.7. The minimum absolute atomic E-state index is 0.0966. The highest BCUT2D eigenvalue weighted by Crippen LogP contribution is 2.23. The van der Waals surface area contributed by atoms with E-state index >= 15 is 0 Å². The number of amidine groups is 1. The molecule has 0 unspecified atom stereocenters. The molecule has 0 N–H and O–H groups in total. The first-order chi connectivity index (χ1) is 11.8. The summed E-state index contributed by atoms with van der Waals surface area (Å²) in [7, 11) is 0. The van der Waals surface area contributed by atoms with Crippen molar-refractivity contribution in [2.45, 2.75) is 12.8 Å². The van der Waals surface area contributed by atoms with Gasteiger partial charge in [0.15, 0.2) is 5.17 Å². The summed E-state index contributed by atoms with van der Waals surface area (Å²) < 4.78 is 5.63. The van der Waals surface area contributed by atoms with Crippen molar-refractivity contribution in [3.05, 3.63) is 54.9 Å². The van der Waals surface area contributed by atoms with Gasteiger partial charge in [0.2, 0.25) is 5.91 Å². The molecule has 2 aromatic rings. The Kier molecular flexibility index (Phi) is 5.85. The van der Waals surface area contributed by atoms with E-state index in [9.17, 15) is 4.79 Å². The molecule has 1 aliphatic rings. The number of carbonyl (C=O) groups is 1. The first-order valence-electron chi connectivity index (χ1n) is 7.93. The third-order valence-corrected chi connectivity index (χ3v) is 4.45. The van der Waals surface area contributed by atoms with Crippen molar-refractivity contribution in [3.8, 4) is 5.75 Å². The zero-order valence-corrected chi connectivity index (χ0v) is 14.1. The summed E-state index contributed by atoms with van der Waals surface area (Å²) in [5, 5.41) is 0.761. The molecule has 0 atom stereocenters. The van der Waals surface area contributed by atoms with Gasteiger partial charge in [-0.1, -0.05) is 30.0 Å². The highest BCUT2D eigenvalue weighted by molar-refractivity contribution is 8.14. The maximum Gasteiger partial charge on any atom is 0.228 e. The summed E-state index contributed by atoms with van der Waals surface area (Å²) >= 11 is 1.61. The Morgan fingerprint density at radius 1 is 1.25 bits per heavy atom. The van der Waals surface area contributed by atoms with E-state index in [0.29, 0.717) is 26.0 Å². The second-order valence-electron chi connectivity index (χ2n) is 5.26. The van der Waals surface area contributed by atoms with Gasteiger partial charge < -0.3 is 4.74 Å². The van der Waals surface area contributed by atoms with Crippen LogP contribution in [-0.2, 0) is 4.79 Å². The number of hydrogen-bond acceptors (Lipinski definition) is 5. The molecule has 6 heteroatoms. The molecule has 0 bridgehead atoms. The number of para-hydroxylation sites is 1. The maximum atomic E-state index is 12.4. The summed E-state index contributed by atoms with van der Waals surface area (Å²) in [5.41, 5.74) is 0.770. The maximum absolute atomic E-state index is 12.4. The molecule has 1 aromatic carbocycles. The number of amides is 1. The fraction of sp³-hybridized carbons (Fsp3) is 0.278. The molecular weight excluding hydrogens is 322 g/mol. The molecule has 5 nitrogen and oxygen atoms in total. The number of thioether (sulfide) groups is 1. The number of carbonyl (C=O) groups excluding carboxylic acids is 1. The summed E-state index contributed by atoms with van der Waals surface area (Å²) in [6, 6.07) is 13.4. The van der Waals surface area contributed by atoms with Crippen molar-refractivity contribution in [2.24, 2.45) is 4.99 Å². The molecule has 2 heterocycles. The van der Waals surface area contributed by atoms with Crippen molar-refractivity contribution < 1.29 is 9.53 Å². The molecule has 0 radical (unpaired) electrons. The van der Waals surface area contributed by atoms with Crippen molar-refractivity contribution in [1.82, 2.24) is 9.88 Å². The molecule has 1 aliphatic heterocycles. The Morgan fingerprint density at radius 3 is 2.92 bits per heavy atom. The van der Waals surface area contributed by atoms with E-state index in [2.05, 4.69) is 9.98 Å². The van der Waals surface area contributed by atoms with Gasteiger partial charge in [0.25, 0.3) is 0 Å². The van der Waals surface area contributed by atoms with Gasteiger partial charge in [0, 0.05) is 24.9 Å². The average molecular weight is 341 g/mol. The summed E-state index contributed by atoms with van der Waals surface area (Å²) in [6.45, 7) is 1.24. The number of aromatic nitrogens is 1. The summed E-state index contributed by atoms with van der Waals surface area (Å²) in [6.07, 6.45) is 4.55. The van der Waals surface area contributed by atoms with E-state index in [1.165, 1.54) is 0 Å². The van der Waals surface area contributed by atoms with Crippen LogP contribution in [0.3, 0.4) is 0 Å². The van der Waals surface area contributed by atoms with Crippen LogP contribution in [0.25, 0.3) is 0 Å². The lowest BCUT2D eigenvalue weighted by atomic mass is 10.3. The zero-order chi connectivity index (χ0) is 16.6. The van der Waals surface area contributed by atoms with Crippen LogP contribution in [0.4, 0.5) is 5.69 Å². The molecule has 1 amide bonds. The average Bonchev–Trinajstić information content (AvgIpc) is 3.08. The van der Waals surface area contributed by atoms with Crippen molar-refractivity contribution in [3.63, 3.8) is 0 Å². The van der Waals surface area contributed by atoms with Crippen LogP contribution >= 0.6 is 11.8 Å². The number of aliphatic imine (C=N–C) groups is 1. The topological polar surface area (TPSA) is 54.8 Å². The van der Waals surface area contributed by atoms with Crippen molar-refractivity contribution in [1.29, 1.82) is 0 Å². The van der Waals surface area contributed by atoms with Gasteiger partial charge in [-0.25, -0.2) is 4.99 Å². The molecule has 1 saturated heterocycles. The Labute approximate surface area is 145 Å². The van der Waals surface area contributed by atoms with Gasteiger partial charge >= 0.3 is 0 Å². The second-order valence-corrected chi connectivity index (χ2v) is 6.33. The molecule has 1 fully saturated rings. The number of pyridine rings is 1. The third kappa shape index (κ3) is 4.58. The van der Waals surface area contributed by atoms with E-state index in [0.717, 1.165) is 22.4 Å². The summed E-state index contributed by atoms with van der Waals surface area (Å²) in [4.78, 5) is 22.8. The van der Waals surface area contributed by atoms with E-state index in [-0.39, 0.29) is 5.91 Å². The minimum Gasteiger partial charge on any atom is -0.494 e. The van der Waals surface area contributed by atoms with Gasteiger partial charge in [0.05, 0.1) is 18.5 Å². The fourth-order valence-electron chi connectivity index (χ4n) is 2.32. The van der Waals surface area contributed by atoms with Crippen LogP contribution in [0, 0.1) is 0 Å². The largest absolute Gasteiger partial charge is 0.494 e. The number of benzene rings is 1. The van der Waals surface area contributed by atoms with E-state index in [1.807, 2.05) is 42.5 Å². The zero-order valence-electron chi connectivity index (χ0n) is 13.3. The number of rotatable bonds is 6. The molecular formula is C18H19N3O2S. The lowest BCUT2D eigenvalue weighted by molar-refractivity contribution is -0.127. The van der Waals surface area contributed by atoms with Crippen LogP contribution in [0.2, 0.25) is 0 Å². The van der Waals surface area contributed by atoms with Gasteiger partial charge in [-0.3, -0.25) is 14.7 Å². The lowest BCUT2D eigenvalue weighted by Gasteiger charge is -2.16. The first kappa shape index (κ1) is 16.5. The number of hydrogen-bond donors (Lipinski definition) is 0. The van der Waals surface area contributed by atoms with Crippen LogP contribution in [0.5, 0.6) is 5.75 Å². The minimum atomic E-state index is 0.0966. The molecule has 3 rings (SSSR count). The third-order valence-electron chi connectivity index (χ3n) is 3.50. The van der Waals surface area contributed by atoms with Crippen LogP contribution in [-0.4, -0.2) is 39.9 Å². The molecule has 124 valence electrons. The van der Waals surface area contributed by atoms with Gasteiger partial charge in [-0.15, -0.1) is 0 Å². The molecule has 1 aromatic heterocycles. The lowest BCUT2D eigenvalue weighted by Crippen LogP contribution is -2.31. The van der Waals surface area contributed by atoms with E-state index < -0.39 is 0 Å².